The van der Waals surface area contributed by atoms with Gasteiger partial charge in [-0.15, -0.1) is 0 Å². The molecule has 0 aromatic rings. The van der Waals surface area contributed by atoms with Crippen LogP contribution < -0.4 is 11.4 Å². The van der Waals surface area contributed by atoms with Crippen LogP contribution in [0.5, 0.6) is 0 Å². The Hall–Kier alpha value is -0.240. The molecule has 0 aliphatic heterocycles. The van der Waals surface area contributed by atoms with E-state index in [1.165, 1.54) is 7.05 Å². The lowest BCUT2D eigenvalue weighted by Gasteiger charge is -2.01. The minimum absolute atomic E-state index is 0.0600. The van der Waals surface area contributed by atoms with Crippen molar-refractivity contribution in [1.29, 1.82) is 0 Å². The summed E-state index contributed by atoms with van der Waals surface area (Å²) in [5, 5.41) is 16.3. The van der Waals surface area contributed by atoms with Crippen molar-refractivity contribution >= 4 is 0 Å². The molecule has 0 heterocycles. The first-order chi connectivity index (χ1) is 5.41. The summed E-state index contributed by atoms with van der Waals surface area (Å²) in [6.07, 6.45) is 0. The van der Waals surface area contributed by atoms with E-state index in [0.29, 0.717) is 0 Å². The smallest absolute Gasteiger partial charge is 0.0940 e. The molecule has 0 amide bonds. The first-order valence-corrected chi connectivity index (χ1v) is 3.20. The highest BCUT2D eigenvalue weighted by Gasteiger charge is 1.83. The molecule has 0 radical (unpaired) electrons. The first-order valence-electron chi connectivity index (χ1n) is 3.20. The van der Waals surface area contributed by atoms with Crippen LogP contribution in [0, 0.1) is 0 Å². The number of nitrogens with two attached hydrogens (primary N) is 1. The Balaban J connectivity index is 0. The van der Waals surface area contributed by atoms with Crippen molar-refractivity contribution in [3.05, 3.63) is 0 Å². The zero-order chi connectivity index (χ0) is 8.95. The van der Waals surface area contributed by atoms with Gasteiger partial charge in [0.25, 0.3) is 0 Å². The average Bonchev–Trinajstić information content (AvgIpc) is 2.08. The van der Waals surface area contributed by atoms with Gasteiger partial charge in [0.05, 0.1) is 26.4 Å². The Labute approximate surface area is 65.8 Å². The van der Waals surface area contributed by atoms with Gasteiger partial charge in [0.2, 0.25) is 0 Å². The molecular formula is C5H16N2O4. The Bertz CT molecular complexity index is 49.7. The van der Waals surface area contributed by atoms with Gasteiger partial charge in [-0.05, 0) is 7.05 Å². The van der Waals surface area contributed by atoms with E-state index < -0.39 is 0 Å². The topological polar surface area (TPSA) is 97.0 Å². The lowest BCUT2D eigenvalue weighted by atomic mass is 10.8. The van der Waals surface area contributed by atoms with E-state index in [0.717, 1.165) is 0 Å². The summed E-state index contributed by atoms with van der Waals surface area (Å²) in [5.74, 6) is 0. The lowest BCUT2D eigenvalue weighted by Crippen LogP contribution is -2.19. The van der Waals surface area contributed by atoms with E-state index in [4.69, 9.17) is 10.2 Å². The van der Waals surface area contributed by atoms with Gasteiger partial charge in [0, 0.05) is 0 Å². The molecule has 6 nitrogen and oxygen atoms in total. The Kier molecular flexibility index (Phi) is 19.9. The van der Waals surface area contributed by atoms with Gasteiger partial charge in [0.1, 0.15) is 0 Å². The number of hydrogen-bond donors (Lipinski definition) is 4. The van der Waals surface area contributed by atoms with Crippen LogP contribution in [0.25, 0.3) is 0 Å². The summed E-state index contributed by atoms with van der Waals surface area (Å²) in [4.78, 5) is 8.90. The number of hydrogen-bond acceptors (Lipinski definition) is 6. The average molecular weight is 168 g/mol. The minimum atomic E-state index is -0.0600. The van der Waals surface area contributed by atoms with Gasteiger partial charge in [-0.25, -0.2) is 0 Å². The second-order valence-electron chi connectivity index (χ2n) is 1.23. The van der Waals surface area contributed by atoms with Crippen LogP contribution in [-0.4, -0.2) is 43.7 Å². The Morgan fingerprint density at radius 1 is 1.09 bits per heavy atom. The fourth-order valence-electron chi connectivity index (χ4n) is 0.216. The maximum absolute atomic E-state index is 8.15. The molecule has 0 saturated carbocycles. The van der Waals surface area contributed by atoms with Gasteiger partial charge in [-0.3, -0.25) is 9.68 Å². The van der Waals surface area contributed by atoms with Crippen molar-refractivity contribution < 1.29 is 19.9 Å². The van der Waals surface area contributed by atoms with Crippen LogP contribution in [0.4, 0.5) is 0 Å². The van der Waals surface area contributed by atoms with Gasteiger partial charge >= 0.3 is 0 Å². The second kappa shape index (κ2) is 16.4. The molecule has 0 atom stereocenters. The standard InChI is InChI=1S/C4H11NO4.CH5N/c6-1-3-8-5-9-4-2-7;1-2/h5-7H,1-4H2;2H2,1H3. The van der Waals surface area contributed by atoms with Crippen molar-refractivity contribution in [1.82, 2.24) is 5.64 Å². The molecule has 0 aromatic heterocycles. The highest BCUT2D eigenvalue weighted by molar-refractivity contribution is 4.16. The summed E-state index contributed by atoms with van der Waals surface area (Å²) in [7, 11) is 1.50. The predicted molar refractivity (Wildman–Crippen MR) is 39.3 cm³/mol. The zero-order valence-corrected chi connectivity index (χ0v) is 6.62. The monoisotopic (exact) mass is 168 g/mol. The first kappa shape index (κ1) is 13.4. The van der Waals surface area contributed by atoms with E-state index in [1.807, 2.05) is 0 Å². The summed E-state index contributed by atoms with van der Waals surface area (Å²) in [6, 6.07) is 0. The predicted octanol–water partition coefficient (Wildman–Crippen LogP) is -2.00. The van der Waals surface area contributed by atoms with Crippen LogP contribution in [0.2, 0.25) is 0 Å². The molecule has 0 bridgehead atoms. The molecule has 0 fully saturated rings. The fourth-order valence-corrected chi connectivity index (χ4v) is 0.216. The molecule has 0 aromatic carbocycles. The number of aliphatic hydroxyl groups is 2. The third-order valence-electron chi connectivity index (χ3n) is 0.505. The molecule has 0 aliphatic carbocycles. The number of rotatable bonds is 6. The van der Waals surface area contributed by atoms with Crippen molar-refractivity contribution in [2.75, 3.05) is 33.5 Å². The van der Waals surface area contributed by atoms with Crippen molar-refractivity contribution in [3.63, 3.8) is 0 Å². The number of aliphatic hydroxyl groups excluding tert-OH is 2. The molecule has 0 aliphatic rings. The summed E-state index contributed by atoms with van der Waals surface area (Å²) < 4.78 is 0. The number of nitrogens with one attached hydrogen (secondary N) is 1. The van der Waals surface area contributed by atoms with E-state index in [9.17, 15) is 0 Å². The van der Waals surface area contributed by atoms with Crippen LogP contribution in [-0.2, 0) is 9.68 Å². The third kappa shape index (κ3) is 17.7. The summed E-state index contributed by atoms with van der Waals surface area (Å²) >= 11 is 0. The minimum Gasteiger partial charge on any atom is -0.394 e. The normalized spacial score (nSPS) is 8.73. The Morgan fingerprint density at radius 2 is 1.45 bits per heavy atom. The molecule has 0 rings (SSSR count). The van der Waals surface area contributed by atoms with Crippen LogP contribution >= 0.6 is 0 Å². The van der Waals surface area contributed by atoms with Crippen LogP contribution in [0.1, 0.15) is 0 Å². The molecule has 6 heteroatoms. The maximum atomic E-state index is 8.15. The van der Waals surface area contributed by atoms with Gasteiger partial charge < -0.3 is 15.9 Å². The maximum Gasteiger partial charge on any atom is 0.0940 e. The van der Waals surface area contributed by atoms with Crippen molar-refractivity contribution in [2.45, 2.75) is 0 Å². The zero-order valence-electron chi connectivity index (χ0n) is 6.62. The second-order valence-corrected chi connectivity index (χ2v) is 1.23. The van der Waals surface area contributed by atoms with E-state index in [2.05, 4.69) is 21.1 Å². The van der Waals surface area contributed by atoms with E-state index in [-0.39, 0.29) is 26.4 Å². The highest BCUT2D eigenvalue weighted by atomic mass is 16.9. The molecule has 70 valence electrons. The lowest BCUT2D eigenvalue weighted by molar-refractivity contribution is -0.178. The summed E-state index contributed by atoms with van der Waals surface area (Å²) in [5.41, 5.74) is 6.57. The van der Waals surface area contributed by atoms with E-state index >= 15 is 0 Å². The molecule has 11 heavy (non-hydrogen) atoms. The highest BCUT2D eigenvalue weighted by Crippen LogP contribution is 1.67. The van der Waals surface area contributed by atoms with Crippen LogP contribution in [0.3, 0.4) is 0 Å². The molecular weight excluding hydrogens is 152 g/mol. The van der Waals surface area contributed by atoms with Crippen molar-refractivity contribution in [3.8, 4) is 0 Å². The van der Waals surface area contributed by atoms with Crippen LogP contribution in [0.15, 0.2) is 0 Å². The molecule has 0 spiro atoms. The Morgan fingerprint density at radius 3 is 1.73 bits per heavy atom. The fraction of sp³-hybridized carbons (Fsp3) is 1.00. The van der Waals surface area contributed by atoms with Gasteiger partial charge in [-0.2, -0.15) is 0 Å². The quantitative estimate of drug-likeness (QED) is 0.270. The summed E-state index contributed by atoms with van der Waals surface area (Å²) in [6.45, 7) is 0.224. The van der Waals surface area contributed by atoms with Gasteiger partial charge in [-0.1, -0.05) is 5.64 Å². The van der Waals surface area contributed by atoms with Gasteiger partial charge in [0.15, 0.2) is 0 Å². The third-order valence-corrected chi connectivity index (χ3v) is 0.505. The molecule has 5 N–H and O–H groups in total. The SMILES string of the molecule is CN.OCCONOCCO. The molecule has 0 unspecified atom stereocenters. The van der Waals surface area contributed by atoms with E-state index in [1.54, 1.807) is 0 Å². The van der Waals surface area contributed by atoms with Crippen molar-refractivity contribution in [2.24, 2.45) is 5.73 Å². The largest absolute Gasteiger partial charge is 0.394 e. The molecule has 0 saturated heterocycles.